The molecule has 0 radical (unpaired) electrons. The lowest BCUT2D eigenvalue weighted by atomic mass is 10.1. The molecule has 2 aromatic carbocycles. The minimum Gasteiger partial charge on any atom is -0.487 e. The van der Waals surface area contributed by atoms with E-state index >= 15 is 0 Å². The first kappa shape index (κ1) is 24.4. The molecule has 1 aliphatic rings. The Morgan fingerprint density at radius 2 is 1.76 bits per heavy atom. The van der Waals surface area contributed by atoms with Crippen LogP contribution in [0.1, 0.15) is 43.0 Å². The van der Waals surface area contributed by atoms with Crippen LogP contribution in [0.25, 0.3) is 0 Å². The molecule has 3 aromatic rings. The van der Waals surface area contributed by atoms with Crippen LogP contribution in [-0.4, -0.2) is 36.7 Å². The maximum absolute atomic E-state index is 12.8. The number of sulfonamides is 1. The summed E-state index contributed by atoms with van der Waals surface area (Å²) in [6.07, 6.45) is 2.88. The molecule has 1 amide bonds. The van der Waals surface area contributed by atoms with Gasteiger partial charge >= 0.3 is 0 Å². The van der Waals surface area contributed by atoms with E-state index in [9.17, 15) is 13.2 Å². The second-order valence-electron chi connectivity index (χ2n) is 8.47. The Hall–Kier alpha value is -2.75. The van der Waals surface area contributed by atoms with Crippen LogP contribution < -0.4 is 9.64 Å². The van der Waals surface area contributed by atoms with E-state index in [1.807, 2.05) is 37.4 Å². The molecule has 9 heteroatoms. The molecule has 1 saturated heterocycles. The van der Waals surface area contributed by atoms with Crippen molar-refractivity contribution < 1.29 is 17.9 Å². The number of anilines is 2. The number of carbonyl (C=O) groups is 1. The van der Waals surface area contributed by atoms with Gasteiger partial charge in [-0.1, -0.05) is 12.5 Å². The van der Waals surface area contributed by atoms with Crippen LogP contribution in [-0.2, 0) is 21.4 Å². The van der Waals surface area contributed by atoms with Gasteiger partial charge in [0, 0.05) is 25.4 Å². The molecular weight excluding hydrogens is 470 g/mol. The molecule has 34 heavy (non-hydrogen) atoms. The van der Waals surface area contributed by atoms with Gasteiger partial charge in [-0.15, -0.1) is 11.3 Å². The van der Waals surface area contributed by atoms with E-state index in [0.29, 0.717) is 29.7 Å². The van der Waals surface area contributed by atoms with Gasteiger partial charge in [0.2, 0.25) is 15.9 Å². The Balaban J connectivity index is 1.43. The molecular formula is C25H29N3O4S2. The molecule has 0 spiro atoms. The van der Waals surface area contributed by atoms with Crippen molar-refractivity contribution in [3.05, 3.63) is 64.7 Å². The molecule has 0 saturated carbocycles. The zero-order valence-corrected chi connectivity index (χ0v) is 21.3. The minimum absolute atomic E-state index is 0.115. The monoisotopic (exact) mass is 499 g/mol. The third kappa shape index (κ3) is 5.32. The van der Waals surface area contributed by atoms with Gasteiger partial charge in [0.1, 0.15) is 12.4 Å². The summed E-state index contributed by atoms with van der Waals surface area (Å²) < 4.78 is 33.0. The van der Waals surface area contributed by atoms with Crippen molar-refractivity contribution in [2.75, 3.05) is 18.0 Å². The molecule has 1 aromatic heterocycles. The predicted molar refractivity (Wildman–Crippen MR) is 134 cm³/mol. The van der Waals surface area contributed by atoms with Gasteiger partial charge < -0.3 is 4.74 Å². The van der Waals surface area contributed by atoms with Gasteiger partial charge in [0.25, 0.3) is 0 Å². The molecule has 1 aliphatic heterocycles. The maximum atomic E-state index is 12.8. The Morgan fingerprint density at radius 3 is 2.41 bits per heavy atom. The zero-order valence-electron chi connectivity index (χ0n) is 19.7. The van der Waals surface area contributed by atoms with E-state index in [1.54, 1.807) is 33.5 Å². The number of carbonyl (C=O) groups excluding carboxylic acids is 1. The van der Waals surface area contributed by atoms with Gasteiger partial charge in [-0.3, -0.25) is 9.69 Å². The molecule has 7 nitrogen and oxygen atoms in total. The van der Waals surface area contributed by atoms with Crippen molar-refractivity contribution in [1.29, 1.82) is 0 Å². The van der Waals surface area contributed by atoms with E-state index in [-0.39, 0.29) is 17.4 Å². The highest BCUT2D eigenvalue weighted by molar-refractivity contribution is 7.89. The number of rotatable bonds is 7. The number of aryl methyl sites for hydroxylation is 2. The van der Waals surface area contributed by atoms with Crippen LogP contribution in [0, 0.1) is 13.8 Å². The topological polar surface area (TPSA) is 79.8 Å². The lowest BCUT2D eigenvalue weighted by Gasteiger charge is -2.25. The molecule has 2 heterocycles. The second kappa shape index (κ2) is 10.2. The van der Waals surface area contributed by atoms with E-state index in [2.05, 4.69) is 4.98 Å². The number of hydrogen-bond donors (Lipinski definition) is 0. The van der Waals surface area contributed by atoms with E-state index < -0.39 is 10.0 Å². The number of ether oxygens (including phenoxy) is 1. The first-order valence-electron chi connectivity index (χ1n) is 11.3. The number of benzene rings is 2. The Bertz CT molecular complexity index is 1260. The number of thiazole rings is 1. The predicted octanol–water partition coefficient (Wildman–Crippen LogP) is 5.20. The maximum Gasteiger partial charge on any atom is 0.243 e. The molecule has 4 rings (SSSR count). The van der Waals surface area contributed by atoms with E-state index in [4.69, 9.17) is 4.74 Å². The van der Waals surface area contributed by atoms with Crippen molar-refractivity contribution in [2.24, 2.45) is 0 Å². The fraction of sp³-hybridized carbons (Fsp3) is 0.360. The minimum atomic E-state index is -3.46. The largest absolute Gasteiger partial charge is 0.487 e. The van der Waals surface area contributed by atoms with Crippen LogP contribution in [0.2, 0.25) is 0 Å². The molecule has 0 unspecified atom stereocenters. The highest BCUT2D eigenvalue weighted by Gasteiger charge is 2.25. The van der Waals surface area contributed by atoms with E-state index in [0.717, 1.165) is 36.1 Å². The Labute approximate surface area is 205 Å². The molecule has 0 atom stereocenters. The van der Waals surface area contributed by atoms with Gasteiger partial charge in [-0.05, 0) is 74.2 Å². The highest BCUT2D eigenvalue weighted by atomic mass is 32.2. The number of hydrogen-bond acceptors (Lipinski definition) is 6. The number of aromatic nitrogens is 1. The molecule has 180 valence electrons. The first-order valence-corrected chi connectivity index (χ1v) is 13.6. The average Bonchev–Trinajstić information content (AvgIpc) is 3.29. The Morgan fingerprint density at radius 1 is 1.06 bits per heavy atom. The van der Waals surface area contributed by atoms with Crippen molar-refractivity contribution in [3.8, 4) is 5.75 Å². The molecule has 0 N–H and O–H groups in total. The lowest BCUT2D eigenvalue weighted by molar-refractivity contribution is -0.115. The van der Waals surface area contributed by atoms with Crippen molar-refractivity contribution in [1.82, 2.24) is 9.29 Å². The van der Waals surface area contributed by atoms with Gasteiger partial charge in [0.05, 0.1) is 16.3 Å². The van der Waals surface area contributed by atoms with Gasteiger partial charge in [0.15, 0.2) is 5.13 Å². The summed E-state index contributed by atoms with van der Waals surface area (Å²) in [7, 11) is -3.46. The normalized spacial score (nSPS) is 14.7. The Kier molecular flexibility index (Phi) is 7.35. The average molecular weight is 500 g/mol. The summed E-state index contributed by atoms with van der Waals surface area (Å²) in [6.45, 7) is 6.94. The second-order valence-corrected chi connectivity index (χ2v) is 11.2. The van der Waals surface area contributed by atoms with Crippen LogP contribution >= 0.6 is 11.3 Å². The molecule has 0 bridgehead atoms. The first-order chi connectivity index (χ1) is 16.3. The fourth-order valence-electron chi connectivity index (χ4n) is 3.88. The quantitative estimate of drug-likeness (QED) is 0.447. The number of amides is 1. The van der Waals surface area contributed by atoms with Gasteiger partial charge in [-0.2, -0.15) is 4.31 Å². The van der Waals surface area contributed by atoms with Crippen LogP contribution in [0.4, 0.5) is 10.8 Å². The third-order valence-corrected chi connectivity index (χ3v) is 8.75. The summed E-state index contributed by atoms with van der Waals surface area (Å²) in [4.78, 5) is 18.8. The van der Waals surface area contributed by atoms with Crippen molar-refractivity contribution in [3.63, 3.8) is 0 Å². The van der Waals surface area contributed by atoms with Crippen molar-refractivity contribution in [2.45, 2.75) is 51.5 Å². The summed E-state index contributed by atoms with van der Waals surface area (Å²) in [5.74, 6) is 0.445. The summed E-state index contributed by atoms with van der Waals surface area (Å²) >= 11 is 1.38. The van der Waals surface area contributed by atoms with E-state index in [1.165, 1.54) is 18.3 Å². The molecule has 1 fully saturated rings. The van der Waals surface area contributed by atoms with Gasteiger partial charge in [-0.25, -0.2) is 13.4 Å². The van der Waals surface area contributed by atoms with Crippen LogP contribution in [0.3, 0.4) is 0 Å². The standard InChI is InChI=1S/C25H29N3O4S2/c1-18-7-8-22(15-19(18)2)28(20(3)29)25-26-21(17-33-25)16-32-23-9-11-24(12-10-23)34(30,31)27-13-5-4-6-14-27/h7-12,15,17H,4-6,13-14,16H2,1-3H3. The summed E-state index contributed by atoms with van der Waals surface area (Å²) in [5, 5.41) is 2.44. The SMILES string of the molecule is CC(=O)N(c1ccc(C)c(C)c1)c1nc(COc2ccc(S(=O)(=O)N3CCCCC3)cc2)cs1. The number of piperidine rings is 1. The molecule has 0 aliphatic carbocycles. The lowest BCUT2D eigenvalue weighted by Crippen LogP contribution is -2.35. The van der Waals surface area contributed by atoms with Crippen LogP contribution in [0.15, 0.2) is 52.7 Å². The summed E-state index contributed by atoms with van der Waals surface area (Å²) in [6, 6.07) is 12.4. The van der Waals surface area contributed by atoms with Crippen molar-refractivity contribution >= 4 is 38.1 Å². The highest BCUT2D eigenvalue weighted by Crippen LogP contribution is 2.31. The van der Waals surface area contributed by atoms with Crippen LogP contribution in [0.5, 0.6) is 5.75 Å². The smallest absolute Gasteiger partial charge is 0.243 e. The zero-order chi connectivity index (χ0) is 24.3. The third-order valence-electron chi connectivity index (χ3n) is 5.96. The fourth-order valence-corrected chi connectivity index (χ4v) is 6.26. The summed E-state index contributed by atoms with van der Waals surface area (Å²) in [5.41, 5.74) is 3.74. The number of nitrogens with zero attached hydrogens (tertiary/aromatic N) is 3.